The zero-order chi connectivity index (χ0) is 22.4. The first-order chi connectivity index (χ1) is 15.8. The van der Waals surface area contributed by atoms with Gasteiger partial charge in [-0.25, -0.2) is 0 Å². The summed E-state index contributed by atoms with van der Waals surface area (Å²) in [5.41, 5.74) is 0. The molecule has 0 unspecified atom stereocenters. The number of hydrogen-bond donors (Lipinski definition) is 0. The van der Waals surface area contributed by atoms with Crippen molar-refractivity contribution in [3.8, 4) is 0 Å². The summed E-state index contributed by atoms with van der Waals surface area (Å²) < 4.78 is 6.25. The van der Waals surface area contributed by atoms with Gasteiger partial charge in [-0.1, -0.05) is 103 Å². The Morgan fingerprint density at radius 2 is 1.09 bits per heavy atom. The molecule has 0 heterocycles. The van der Waals surface area contributed by atoms with Crippen molar-refractivity contribution in [1.29, 1.82) is 0 Å². The summed E-state index contributed by atoms with van der Waals surface area (Å²) in [4.78, 5) is 0. The van der Waals surface area contributed by atoms with E-state index in [0.29, 0.717) is 6.10 Å². The maximum absolute atomic E-state index is 6.25. The molecule has 0 bridgehead atoms. The van der Waals surface area contributed by atoms with E-state index in [0.717, 1.165) is 36.2 Å². The Balaban J connectivity index is 1.18. The van der Waals surface area contributed by atoms with Crippen LogP contribution in [0.4, 0.5) is 0 Å². The molecular weight excluding hydrogens is 388 g/mol. The zero-order valence-electron chi connectivity index (χ0n) is 21.9. The van der Waals surface area contributed by atoms with Gasteiger partial charge in [0.1, 0.15) is 0 Å². The van der Waals surface area contributed by atoms with E-state index in [4.69, 9.17) is 4.74 Å². The van der Waals surface area contributed by atoms with Crippen LogP contribution in [-0.2, 0) is 4.74 Å². The van der Waals surface area contributed by atoms with Crippen molar-refractivity contribution in [2.75, 3.05) is 6.61 Å². The van der Waals surface area contributed by atoms with Gasteiger partial charge in [0.25, 0.3) is 0 Å². The lowest BCUT2D eigenvalue weighted by molar-refractivity contribution is 0.0323. The second kappa shape index (κ2) is 15.6. The number of allylic oxidation sites excluding steroid dienone is 1. The molecule has 0 saturated heterocycles. The third kappa shape index (κ3) is 9.90. The van der Waals surface area contributed by atoms with Crippen LogP contribution in [0.2, 0.25) is 0 Å². The summed E-state index contributed by atoms with van der Waals surface area (Å²) >= 11 is 0. The number of unbranched alkanes of at least 4 members (excludes halogenated alkanes) is 2. The molecule has 0 amide bonds. The van der Waals surface area contributed by atoms with Crippen molar-refractivity contribution in [3.63, 3.8) is 0 Å². The Morgan fingerprint density at radius 3 is 1.69 bits per heavy atom. The molecule has 0 radical (unpaired) electrons. The minimum absolute atomic E-state index is 0.537. The van der Waals surface area contributed by atoms with Gasteiger partial charge in [-0.2, -0.15) is 0 Å². The van der Waals surface area contributed by atoms with Crippen LogP contribution in [0.25, 0.3) is 0 Å². The molecule has 3 aliphatic carbocycles. The van der Waals surface area contributed by atoms with Crippen LogP contribution in [0.5, 0.6) is 0 Å². The smallest absolute Gasteiger partial charge is 0.0651 e. The summed E-state index contributed by atoms with van der Waals surface area (Å²) in [6.45, 7) is 5.52. The van der Waals surface area contributed by atoms with Crippen molar-refractivity contribution < 1.29 is 4.74 Å². The van der Waals surface area contributed by atoms with E-state index in [-0.39, 0.29) is 0 Å². The molecular formula is C31H56O. The Hall–Kier alpha value is -0.300. The molecule has 3 aliphatic rings. The number of rotatable bonds is 13. The van der Waals surface area contributed by atoms with E-state index < -0.39 is 0 Å². The third-order valence-electron chi connectivity index (χ3n) is 9.38. The first-order valence-electron chi connectivity index (χ1n) is 15.0. The second-order valence-electron chi connectivity index (χ2n) is 11.9. The maximum Gasteiger partial charge on any atom is 0.0651 e. The largest absolute Gasteiger partial charge is 0.374 e. The predicted molar refractivity (Wildman–Crippen MR) is 140 cm³/mol. The lowest BCUT2D eigenvalue weighted by Crippen LogP contribution is -2.23. The van der Waals surface area contributed by atoms with Gasteiger partial charge in [-0.15, -0.1) is 0 Å². The summed E-state index contributed by atoms with van der Waals surface area (Å²) in [6.07, 6.45) is 34.3. The summed E-state index contributed by atoms with van der Waals surface area (Å²) in [6, 6.07) is 0. The molecule has 1 heteroatoms. The van der Waals surface area contributed by atoms with Crippen LogP contribution in [-0.4, -0.2) is 12.7 Å². The van der Waals surface area contributed by atoms with Crippen molar-refractivity contribution in [3.05, 3.63) is 12.2 Å². The van der Waals surface area contributed by atoms with Crippen molar-refractivity contribution in [1.82, 2.24) is 0 Å². The van der Waals surface area contributed by atoms with Crippen LogP contribution in [0.15, 0.2) is 12.2 Å². The van der Waals surface area contributed by atoms with E-state index >= 15 is 0 Å². The van der Waals surface area contributed by atoms with Gasteiger partial charge in [0.2, 0.25) is 0 Å². The van der Waals surface area contributed by atoms with Crippen LogP contribution in [0, 0.1) is 29.6 Å². The molecule has 0 aliphatic heterocycles. The lowest BCUT2D eigenvalue weighted by Gasteiger charge is -2.32. The van der Waals surface area contributed by atoms with E-state index in [1.807, 2.05) is 0 Å². The number of ether oxygens (including phenoxy) is 1. The van der Waals surface area contributed by atoms with Gasteiger partial charge in [0.15, 0.2) is 0 Å². The molecule has 0 aromatic rings. The molecule has 0 atom stereocenters. The number of hydrogen-bond acceptors (Lipinski definition) is 1. The SMILES string of the molecule is CCCCCC1CCC(C=CCOC2CCC(CCC3CCC(CCC)CC3)CC2)CC1. The highest BCUT2D eigenvalue weighted by molar-refractivity contribution is 4.91. The predicted octanol–water partition coefficient (Wildman–Crippen LogP) is 9.89. The fourth-order valence-electron chi connectivity index (χ4n) is 7.07. The highest BCUT2D eigenvalue weighted by atomic mass is 16.5. The van der Waals surface area contributed by atoms with Gasteiger partial charge in [0.05, 0.1) is 12.7 Å². The molecule has 0 aromatic carbocycles. The third-order valence-corrected chi connectivity index (χ3v) is 9.38. The Morgan fingerprint density at radius 1 is 0.562 bits per heavy atom. The Labute approximate surface area is 201 Å². The summed E-state index contributed by atoms with van der Waals surface area (Å²) in [7, 11) is 0. The van der Waals surface area contributed by atoms with Gasteiger partial charge in [-0.3, -0.25) is 0 Å². The second-order valence-corrected chi connectivity index (χ2v) is 11.9. The highest BCUT2D eigenvalue weighted by Gasteiger charge is 2.25. The first kappa shape index (κ1) is 26.3. The topological polar surface area (TPSA) is 9.23 Å². The summed E-state index contributed by atoms with van der Waals surface area (Å²) in [5, 5.41) is 0. The fraction of sp³-hybridized carbons (Fsp3) is 0.935. The van der Waals surface area contributed by atoms with Crippen molar-refractivity contribution in [2.24, 2.45) is 29.6 Å². The van der Waals surface area contributed by atoms with Gasteiger partial charge < -0.3 is 4.74 Å². The van der Waals surface area contributed by atoms with Crippen molar-refractivity contribution >= 4 is 0 Å². The standard InChI is InChI=1S/C31H56O/c1-3-5-6-9-27-13-15-28(16-14-27)10-7-25-32-31-23-21-30(22-24-31)20-19-29-17-11-26(8-4-2)12-18-29/h7,10,26-31H,3-6,8-9,11-25H2,1-2H3. The van der Waals surface area contributed by atoms with Gasteiger partial charge >= 0.3 is 0 Å². The van der Waals surface area contributed by atoms with E-state index in [1.54, 1.807) is 0 Å². The molecule has 186 valence electrons. The lowest BCUT2D eigenvalue weighted by atomic mass is 9.76. The highest BCUT2D eigenvalue weighted by Crippen LogP contribution is 2.37. The van der Waals surface area contributed by atoms with Crippen LogP contribution in [0.3, 0.4) is 0 Å². The van der Waals surface area contributed by atoms with E-state index in [9.17, 15) is 0 Å². The van der Waals surface area contributed by atoms with Crippen molar-refractivity contribution in [2.45, 2.75) is 148 Å². The fourth-order valence-corrected chi connectivity index (χ4v) is 7.07. The first-order valence-corrected chi connectivity index (χ1v) is 15.0. The minimum Gasteiger partial charge on any atom is -0.374 e. The zero-order valence-corrected chi connectivity index (χ0v) is 21.9. The molecule has 3 fully saturated rings. The van der Waals surface area contributed by atoms with Gasteiger partial charge in [-0.05, 0) is 81.0 Å². The van der Waals surface area contributed by atoms with E-state index in [2.05, 4.69) is 26.0 Å². The van der Waals surface area contributed by atoms with Gasteiger partial charge in [0, 0.05) is 0 Å². The quantitative estimate of drug-likeness (QED) is 0.203. The average molecular weight is 445 g/mol. The molecule has 1 nitrogen and oxygen atoms in total. The molecule has 32 heavy (non-hydrogen) atoms. The van der Waals surface area contributed by atoms with Crippen LogP contribution in [0.1, 0.15) is 142 Å². The minimum atomic E-state index is 0.537. The monoisotopic (exact) mass is 444 g/mol. The molecule has 0 N–H and O–H groups in total. The Bertz CT molecular complexity index is 473. The maximum atomic E-state index is 6.25. The summed E-state index contributed by atoms with van der Waals surface area (Å²) in [5.74, 6) is 4.95. The Kier molecular flexibility index (Phi) is 12.8. The normalized spacial score (nSPS) is 34.2. The molecule has 3 rings (SSSR count). The van der Waals surface area contributed by atoms with E-state index in [1.165, 1.54) is 128 Å². The molecule has 0 spiro atoms. The van der Waals surface area contributed by atoms with Crippen LogP contribution >= 0.6 is 0 Å². The molecule has 0 aromatic heterocycles. The van der Waals surface area contributed by atoms with Crippen LogP contribution < -0.4 is 0 Å². The molecule has 3 saturated carbocycles. The average Bonchev–Trinajstić information content (AvgIpc) is 2.83.